The van der Waals surface area contributed by atoms with Gasteiger partial charge >= 0.3 is 0 Å². The maximum absolute atomic E-state index is 11.9. The Morgan fingerprint density at radius 3 is 2.53 bits per heavy atom. The average Bonchev–Trinajstić information content (AvgIpc) is 2.21. The van der Waals surface area contributed by atoms with Crippen molar-refractivity contribution in [2.45, 2.75) is 4.90 Å². The third kappa shape index (κ3) is 2.18. The van der Waals surface area contributed by atoms with Crippen LogP contribution in [-0.4, -0.2) is 13.0 Å². The Hall–Kier alpha value is -1.04. The second kappa shape index (κ2) is 4.01. The fraction of sp³-hybridized carbons (Fsp3) is 0.100. The molecule has 2 rings (SSSR count). The maximum Gasteiger partial charge on any atom is 0.266 e. The molecule has 4 nitrogen and oxygen atoms in total. The first-order valence-corrected chi connectivity index (χ1v) is 7.23. The normalized spacial score (nSPS) is 11.9. The summed E-state index contributed by atoms with van der Waals surface area (Å²) in [4.78, 5) is 11.5. The summed E-state index contributed by atoms with van der Waals surface area (Å²) in [6.07, 6.45) is 1.18. The summed E-state index contributed by atoms with van der Waals surface area (Å²) in [6.45, 7) is 0. The summed E-state index contributed by atoms with van der Waals surface area (Å²) in [5.74, 6) is 0. The first-order chi connectivity index (χ1) is 7.80. The first kappa shape index (κ1) is 12.4. The van der Waals surface area contributed by atoms with Crippen LogP contribution in [0.5, 0.6) is 0 Å². The molecular formula is C10H7Cl2NO3S. The molecule has 0 aliphatic rings. The van der Waals surface area contributed by atoms with Crippen molar-refractivity contribution >= 4 is 42.2 Å². The minimum absolute atomic E-state index is 0.263. The third-order valence-electron chi connectivity index (χ3n) is 2.38. The van der Waals surface area contributed by atoms with E-state index in [4.69, 9.17) is 22.3 Å². The molecule has 0 aliphatic carbocycles. The van der Waals surface area contributed by atoms with Gasteiger partial charge < -0.3 is 4.57 Å². The van der Waals surface area contributed by atoms with Gasteiger partial charge in [-0.05, 0) is 18.2 Å². The van der Waals surface area contributed by atoms with Crippen LogP contribution in [0.1, 0.15) is 0 Å². The summed E-state index contributed by atoms with van der Waals surface area (Å²) < 4.78 is 24.0. The van der Waals surface area contributed by atoms with Crippen molar-refractivity contribution in [3.05, 3.63) is 39.6 Å². The van der Waals surface area contributed by atoms with Crippen LogP contribution in [0.3, 0.4) is 0 Å². The zero-order chi connectivity index (χ0) is 12.8. The van der Waals surface area contributed by atoms with E-state index in [2.05, 4.69) is 0 Å². The van der Waals surface area contributed by atoms with Crippen molar-refractivity contribution in [3.63, 3.8) is 0 Å². The molecule has 0 saturated carbocycles. The minimum atomic E-state index is -4.05. The highest BCUT2D eigenvalue weighted by molar-refractivity contribution is 8.13. The van der Waals surface area contributed by atoms with E-state index >= 15 is 0 Å². The predicted molar refractivity (Wildman–Crippen MR) is 67.2 cm³/mol. The number of pyridine rings is 1. The standard InChI is InChI=1S/C10H7Cl2NO3S/c1-13-5-9(17(12,15)16)10(14)7-3-2-6(11)4-8(7)13/h2-5H,1H3. The summed E-state index contributed by atoms with van der Waals surface area (Å²) in [6, 6.07) is 4.59. The van der Waals surface area contributed by atoms with Gasteiger partial charge in [-0.15, -0.1) is 0 Å². The van der Waals surface area contributed by atoms with E-state index in [1.54, 1.807) is 13.1 Å². The molecule has 0 amide bonds. The van der Waals surface area contributed by atoms with Crippen LogP contribution in [0.15, 0.2) is 34.1 Å². The zero-order valence-electron chi connectivity index (χ0n) is 8.65. The van der Waals surface area contributed by atoms with E-state index < -0.39 is 19.4 Å². The fourth-order valence-corrected chi connectivity index (χ4v) is 2.71. The second-order valence-electron chi connectivity index (χ2n) is 3.53. The highest BCUT2D eigenvalue weighted by atomic mass is 35.7. The molecule has 0 atom stereocenters. The highest BCUT2D eigenvalue weighted by Crippen LogP contribution is 2.19. The number of benzene rings is 1. The predicted octanol–water partition coefficient (Wildman–Crippen LogP) is 2.12. The van der Waals surface area contributed by atoms with Crippen molar-refractivity contribution in [3.8, 4) is 0 Å². The van der Waals surface area contributed by atoms with E-state index in [1.807, 2.05) is 0 Å². The molecule has 7 heteroatoms. The molecule has 90 valence electrons. The summed E-state index contributed by atoms with van der Waals surface area (Å²) in [5, 5.41) is 0.729. The molecular weight excluding hydrogens is 285 g/mol. The van der Waals surface area contributed by atoms with Crippen molar-refractivity contribution < 1.29 is 8.42 Å². The van der Waals surface area contributed by atoms with Gasteiger partial charge in [0.1, 0.15) is 4.90 Å². The topological polar surface area (TPSA) is 56.1 Å². The molecule has 0 bridgehead atoms. The van der Waals surface area contributed by atoms with E-state index in [1.165, 1.54) is 22.9 Å². The molecule has 0 aliphatic heterocycles. The van der Waals surface area contributed by atoms with Gasteiger partial charge in [-0.25, -0.2) is 8.42 Å². The van der Waals surface area contributed by atoms with Crippen LogP contribution < -0.4 is 5.43 Å². The highest BCUT2D eigenvalue weighted by Gasteiger charge is 2.18. The quantitative estimate of drug-likeness (QED) is 0.756. The lowest BCUT2D eigenvalue weighted by atomic mass is 10.2. The molecule has 0 N–H and O–H groups in total. The molecule has 0 radical (unpaired) electrons. The Morgan fingerprint density at radius 1 is 1.29 bits per heavy atom. The van der Waals surface area contributed by atoms with Gasteiger partial charge in [0.25, 0.3) is 9.05 Å². The summed E-state index contributed by atoms with van der Waals surface area (Å²) >= 11 is 5.81. The SMILES string of the molecule is Cn1cc(S(=O)(=O)Cl)c(=O)c2ccc(Cl)cc21. The molecule has 0 unspecified atom stereocenters. The Labute approximate surface area is 107 Å². The number of halogens is 2. The third-order valence-corrected chi connectivity index (χ3v) is 3.93. The monoisotopic (exact) mass is 291 g/mol. The number of rotatable bonds is 1. The van der Waals surface area contributed by atoms with Crippen LogP contribution in [0, 0.1) is 0 Å². The Kier molecular flexibility index (Phi) is 2.93. The van der Waals surface area contributed by atoms with Crippen molar-refractivity contribution in [1.29, 1.82) is 0 Å². The van der Waals surface area contributed by atoms with E-state index in [0.717, 1.165) is 0 Å². The van der Waals surface area contributed by atoms with Crippen LogP contribution in [-0.2, 0) is 16.1 Å². The lowest BCUT2D eigenvalue weighted by Crippen LogP contribution is -2.15. The second-order valence-corrected chi connectivity index (χ2v) is 6.50. The lowest BCUT2D eigenvalue weighted by Gasteiger charge is -2.07. The van der Waals surface area contributed by atoms with Gasteiger partial charge in [-0.2, -0.15) is 0 Å². The van der Waals surface area contributed by atoms with Crippen LogP contribution in [0.2, 0.25) is 5.02 Å². The molecule has 1 heterocycles. The van der Waals surface area contributed by atoms with Gasteiger partial charge in [-0.3, -0.25) is 4.79 Å². The van der Waals surface area contributed by atoms with Crippen LogP contribution >= 0.6 is 22.3 Å². The Bertz CT molecular complexity index is 765. The van der Waals surface area contributed by atoms with E-state index in [9.17, 15) is 13.2 Å². The van der Waals surface area contributed by atoms with Gasteiger partial charge in [0.2, 0.25) is 5.43 Å². The molecule has 1 aromatic carbocycles. The maximum atomic E-state index is 11.9. The largest absolute Gasteiger partial charge is 0.349 e. The number of hydrogen-bond donors (Lipinski definition) is 0. The first-order valence-electron chi connectivity index (χ1n) is 4.54. The lowest BCUT2D eigenvalue weighted by molar-refractivity contribution is 0.608. The fourth-order valence-electron chi connectivity index (χ4n) is 1.60. The number of nitrogens with zero attached hydrogens (tertiary/aromatic N) is 1. The van der Waals surface area contributed by atoms with E-state index in [0.29, 0.717) is 10.5 Å². The van der Waals surface area contributed by atoms with Gasteiger partial charge in [0.15, 0.2) is 0 Å². The average molecular weight is 292 g/mol. The van der Waals surface area contributed by atoms with E-state index in [-0.39, 0.29) is 5.39 Å². The molecule has 17 heavy (non-hydrogen) atoms. The smallest absolute Gasteiger partial charge is 0.266 e. The minimum Gasteiger partial charge on any atom is -0.349 e. The molecule has 2 aromatic rings. The molecule has 0 spiro atoms. The van der Waals surface area contributed by atoms with Gasteiger partial charge in [0, 0.05) is 34.3 Å². The van der Waals surface area contributed by atoms with Gasteiger partial charge in [-0.1, -0.05) is 11.6 Å². The van der Waals surface area contributed by atoms with Crippen molar-refractivity contribution in [2.75, 3.05) is 0 Å². The summed E-state index contributed by atoms with van der Waals surface area (Å²) in [7, 11) is 2.76. The van der Waals surface area contributed by atoms with Crippen molar-refractivity contribution in [2.24, 2.45) is 7.05 Å². The van der Waals surface area contributed by atoms with Crippen LogP contribution in [0.25, 0.3) is 10.9 Å². The van der Waals surface area contributed by atoms with Crippen molar-refractivity contribution in [1.82, 2.24) is 4.57 Å². The Morgan fingerprint density at radius 2 is 1.94 bits per heavy atom. The summed E-state index contributed by atoms with van der Waals surface area (Å²) in [5.41, 5.74) is -0.0728. The Balaban J connectivity index is 3.02. The zero-order valence-corrected chi connectivity index (χ0v) is 11.0. The van der Waals surface area contributed by atoms with Crippen LogP contribution in [0.4, 0.5) is 0 Å². The number of aryl methyl sites for hydroxylation is 1. The number of fused-ring (bicyclic) bond motifs is 1. The number of hydrogen-bond acceptors (Lipinski definition) is 3. The molecule has 0 fully saturated rings. The van der Waals surface area contributed by atoms with Gasteiger partial charge in [0.05, 0.1) is 5.52 Å². The molecule has 0 saturated heterocycles. The number of aromatic nitrogens is 1. The molecule has 1 aromatic heterocycles.